The molecule has 0 N–H and O–H groups in total. The highest BCUT2D eigenvalue weighted by Crippen LogP contribution is 2.43. The van der Waals surface area contributed by atoms with Gasteiger partial charge >= 0.3 is 0 Å². The lowest BCUT2D eigenvalue weighted by Crippen LogP contribution is -2.46. The Morgan fingerprint density at radius 3 is 2.00 bits per heavy atom. The molecule has 1 aliphatic rings. The molecule has 0 spiro atoms. The number of hydrogen-bond donors (Lipinski definition) is 0. The van der Waals surface area contributed by atoms with Gasteiger partial charge in [0.2, 0.25) is 0 Å². The molecule has 0 aromatic heterocycles. The van der Waals surface area contributed by atoms with Gasteiger partial charge in [-0.2, -0.15) is 0 Å². The highest BCUT2D eigenvalue weighted by Gasteiger charge is 2.43. The van der Waals surface area contributed by atoms with Crippen molar-refractivity contribution in [2.75, 3.05) is 0 Å². The molecule has 1 nitrogen and oxygen atoms in total. The lowest BCUT2D eigenvalue weighted by Gasteiger charge is -2.41. The second-order valence-electron chi connectivity index (χ2n) is 8.73. The maximum atomic E-state index is 6.69. The monoisotopic (exact) mass is 298 g/mol. The SMILES string of the molecule is C=C([C@H]1CCC[C@@H]1O[Si](C)(C)C(C)(C)C)[Si](C)(C)C. The van der Waals surface area contributed by atoms with Gasteiger partial charge < -0.3 is 4.43 Å². The van der Waals surface area contributed by atoms with Crippen molar-refractivity contribution in [1.82, 2.24) is 0 Å². The standard InChI is InChI=1S/C16H34OSi2/c1-13(18(5,6)7)14-11-10-12-15(14)17-19(8,9)16(2,3)4/h14-15H,1,10-12H2,2-9H3/t14-,15+/m1/s1. The maximum Gasteiger partial charge on any atom is 0.192 e. The van der Waals surface area contributed by atoms with Crippen LogP contribution >= 0.6 is 0 Å². The molecule has 0 radical (unpaired) electrons. The molecule has 1 saturated carbocycles. The van der Waals surface area contributed by atoms with Crippen LogP contribution in [0.15, 0.2) is 11.8 Å². The third kappa shape index (κ3) is 4.05. The van der Waals surface area contributed by atoms with Crippen LogP contribution in [0.1, 0.15) is 40.0 Å². The van der Waals surface area contributed by atoms with E-state index < -0.39 is 16.4 Å². The first-order valence-corrected chi connectivity index (χ1v) is 14.1. The van der Waals surface area contributed by atoms with Gasteiger partial charge in [0, 0.05) is 5.92 Å². The zero-order valence-corrected chi connectivity index (χ0v) is 16.4. The number of hydrogen-bond acceptors (Lipinski definition) is 1. The van der Waals surface area contributed by atoms with Gasteiger partial charge in [-0.05, 0) is 31.0 Å². The zero-order valence-electron chi connectivity index (χ0n) is 14.4. The van der Waals surface area contributed by atoms with Gasteiger partial charge in [-0.25, -0.2) is 0 Å². The smallest absolute Gasteiger partial charge is 0.192 e. The molecule has 0 bridgehead atoms. The van der Waals surface area contributed by atoms with Gasteiger partial charge in [0.25, 0.3) is 0 Å². The topological polar surface area (TPSA) is 9.23 Å². The minimum absolute atomic E-state index is 0.306. The summed E-state index contributed by atoms with van der Waals surface area (Å²) in [6, 6.07) is 0. The van der Waals surface area contributed by atoms with E-state index in [-0.39, 0.29) is 0 Å². The van der Waals surface area contributed by atoms with Gasteiger partial charge in [-0.15, -0.1) is 6.58 Å². The van der Waals surface area contributed by atoms with Crippen molar-refractivity contribution in [2.45, 2.75) is 83.9 Å². The van der Waals surface area contributed by atoms with Gasteiger partial charge in [-0.1, -0.05) is 52.0 Å². The first-order chi connectivity index (χ1) is 8.36. The molecule has 19 heavy (non-hydrogen) atoms. The van der Waals surface area contributed by atoms with Crippen molar-refractivity contribution in [3.63, 3.8) is 0 Å². The minimum Gasteiger partial charge on any atom is -0.413 e. The Hall–Kier alpha value is 0.134. The van der Waals surface area contributed by atoms with Crippen LogP contribution in [0, 0.1) is 5.92 Å². The van der Waals surface area contributed by atoms with Crippen molar-refractivity contribution in [3.8, 4) is 0 Å². The third-order valence-corrected chi connectivity index (χ3v) is 11.9. The van der Waals surface area contributed by atoms with E-state index in [1.165, 1.54) is 24.5 Å². The van der Waals surface area contributed by atoms with E-state index in [2.05, 4.69) is 60.1 Å². The average molecular weight is 299 g/mol. The summed E-state index contributed by atoms with van der Waals surface area (Å²) < 4.78 is 6.69. The highest BCUT2D eigenvalue weighted by molar-refractivity contribution is 6.83. The average Bonchev–Trinajstić information content (AvgIpc) is 2.60. The van der Waals surface area contributed by atoms with Crippen LogP contribution in [0.2, 0.25) is 37.8 Å². The molecule has 1 fully saturated rings. The van der Waals surface area contributed by atoms with Crippen LogP contribution in [-0.2, 0) is 4.43 Å². The fourth-order valence-electron chi connectivity index (χ4n) is 2.58. The predicted molar refractivity (Wildman–Crippen MR) is 91.9 cm³/mol. The third-order valence-electron chi connectivity index (χ3n) is 5.12. The Morgan fingerprint density at radius 1 is 1.05 bits per heavy atom. The molecule has 0 heterocycles. The summed E-state index contributed by atoms with van der Waals surface area (Å²) in [4.78, 5) is 0. The summed E-state index contributed by atoms with van der Waals surface area (Å²) in [5, 5.41) is 1.83. The summed E-state index contributed by atoms with van der Waals surface area (Å²) in [7, 11) is -2.89. The predicted octanol–water partition coefficient (Wildman–Crippen LogP) is 5.61. The maximum absolute atomic E-state index is 6.69. The van der Waals surface area contributed by atoms with E-state index >= 15 is 0 Å². The molecule has 1 aliphatic carbocycles. The highest BCUT2D eigenvalue weighted by atomic mass is 28.4. The van der Waals surface area contributed by atoms with E-state index in [1.807, 2.05) is 0 Å². The van der Waals surface area contributed by atoms with Crippen LogP contribution < -0.4 is 0 Å². The molecular formula is C16H34OSi2. The Kier molecular flexibility index (Phi) is 4.97. The Morgan fingerprint density at radius 2 is 1.58 bits per heavy atom. The first kappa shape index (κ1) is 17.2. The molecule has 0 aromatic carbocycles. The van der Waals surface area contributed by atoms with E-state index in [4.69, 9.17) is 4.43 Å². The molecule has 1 rings (SSSR count). The van der Waals surface area contributed by atoms with Gasteiger partial charge in [0.05, 0.1) is 14.2 Å². The summed E-state index contributed by atoms with van der Waals surface area (Å²) in [5.41, 5.74) is 0. The molecule has 0 aliphatic heterocycles. The molecule has 0 aromatic rings. The van der Waals surface area contributed by atoms with Crippen LogP contribution in [0.5, 0.6) is 0 Å². The Bertz CT molecular complexity index is 334. The van der Waals surface area contributed by atoms with Crippen molar-refractivity contribution >= 4 is 16.4 Å². The largest absolute Gasteiger partial charge is 0.413 e. The van der Waals surface area contributed by atoms with E-state index in [0.29, 0.717) is 17.1 Å². The second-order valence-corrected chi connectivity index (χ2v) is 18.6. The lowest BCUT2D eigenvalue weighted by atomic mass is 10.1. The Labute approximate surface area is 123 Å². The fraction of sp³-hybridized carbons (Fsp3) is 0.875. The van der Waals surface area contributed by atoms with Crippen LogP contribution in [0.3, 0.4) is 0 Å². The van der Waals surface area contributed by atoms with Crippen molar-refractivity contribution in [2.24, 2.45) is 5.92 Å². The fourth-order valence-corrected chi connectivity index (χ4v) is 5.41. The molecule has 0 amide bonds. The quantitative estimate of drug-likeness (QED) is 0.613. The van der Waals surface area contributed by atoms with Crippen molar-refractivity contribution in [1.29, 1.82) is 0 Å². The second kappa shape index (κ2) is 5.49. The summed E-state index contributed by atoms with van der Waals surface area (Å²) in [6.45, 7) is 23.4. The lowest BCUT2D eigenvalue weighted by molar-refractivity contribution is 0.158. The zero-order chi connectivity index (χ0) is 15.1. The van der Waals surface area contributed by atoms with E-state index in [1.54, 1.807) is 0 Å². The van der Waals surface area contributed by atoms with Gasteiger partial charge in [0.1, 0.15) is 0 Å². The molecule has 0 unspecified atom stereocenters. The summed E-state index contributed by atoms with van der Waals surface area (Å²) in [6.07, 6.45) is 4.29. The molecule has 112 valence electrons. The van der Waals surface area contributed by atoms with Crippen LogP contribution in [-0.4, -0.2) is 22.5 Å². The molecule has 2 atom stereocenters. The normalized spacial score (nSPS) is 25.7. The number of rotatable bonds is 4. The molecule has 0 saturated heterocycles. The minimum atomic E-state index is -1.64. The van der Waals surface area contributed by atoms with Gasteiger partial charge in [0.15, 0.2) is 8.32 Å². The Balaban J connectivity index is 2.82. The van der Waals surface area contributed by atoms with Crippen LogP contribution in [0.25, 0.3) is 0 Å². The van der Waals surface area contributed by atoms with Crippen molar-refractivity contribution < 1.29 is 4.43 Å². The first-order valence-electron chi connectivity index (χ1n) is 7.73. The summed E-state index contributed by atoms with van der Waals surface area (Å²) in [5.74, 6) is 0.626. The van der Waals surface area contributed by atoms with Gasteiger partial charge in [-0.3, -0.25) is 0 Å². The molecule has 3 heteroatoms. The van der Waals surface area contributed by atoms with Crippen molar-refractivity contribution in [3.05, 3.63) is 11.8 Å². The van der Waals surface area contributed by atoms with Crippen LogP contribution in [0.4, 0.5) is 0 Å². The molecular weight excluding hydrogens is 264 g/mol. The van der Waals surface area contributed by atoms with E-state index in [9.17, 15) is 0 Å². The summed E-state index contributed by atoms with van der Waals surface area (Å²) >= 11 is 0. The van der Waals surface area contributed by atoms with E-state index in [0.717, 1.165) is 0 Å².